The predicted octanol–water partition coefficient (Wildman–Crippen LogP) is 4.35. The molecule has 3 aromatic carbocycles. The lowest BCUT2D eigenvalue weighted by atomic mass is 10.2. The third-order valence-corrected chi connectivity index (χ3v) is 4.10. The minimum absolute atomic E-state index is 0.245. The highest BCUT2D eigenvalue weighted by Gasteiger charge is 2.31. The molecule has 1 aliphatic rings. The van der Waals surface area contributed by atoms with E-state index in [4.69, 9.17) is 0 Å². The molecule has 0 saturated heterocycles. The van der Waals surface area contributed by atoms with Gasteiger partial charge >= 0.3 is 0 Å². The van der Waals surface area contributed by atoms with Crippen LogP contribution in [0, 0.1) is 0 Å². The molecule has 0 aliphatic carbocycles. The lowest BCUT2D eigenvalue weighted by molar-refractivity contribution is -0.122. The third-order valence-electron chi connectivity index (χ3n) is 4.10. The van der Waals surface area contributed by atoms with E-state index in [-0.39, 0.29) is 5.91 Å². The SMILES string of the molecule is O=C1C(=Cc2ccccc2)N=C(c2ccccc2)N1N=Cc1ccccc1. The van der Waals surface area contributed by atoms with E-state index in [1.165, 1.54) is 5.01 Å². The molecule has 0 fully saturated rings. The van der Waals surface area contributed by atoms with Gasteiger partial charge in [0, 0.05) is 5.56 Å². The molecule has 0 aromatic heterocycles. The second kappa shape index (κ2) is 7.62. The summed E-state index contributed by atoms with van der Waals surface area (Å²) in [7, 11) is 0. The van der Waals surface area contributed by atoms with E-state index in [0.29, 0.717) is 11.5 Å². The average Bonchev–Trinajstić information content (AvgIpc) is 3.04. The zero-order valence-corrected chi connectivity index (χ0v) is 14.6. The monoisotopic (exact) mass is 351 g/mol. The maximum Gasteiger partial charge on any atom is 0.298 e. The summed E-state index contributed by atoms with van der Waals surface area (Å²) in [6.07, 6.45) is 3.45. The summed E-state index contributed by atoms with van der Waals surface area (Å²) in [5, 5.41) is 5.77. The van der Waals surface area contributed by atoms with Crippen LogP contribution in [0.15, 0.2) is 107 Å². The van der Waals surface area contributed by atoms with Gasteiger partial charge in [0.05, 0.1) is 6.21 Å². The van der Waals surface area contributed by atoms with E-state index >= 15 is 0 Å². The van der Waals surface area contributed by atoms with Crippen molar-refractivity contribution in [2.75, 3.05) is 0 Å². The number of amides is 1. The zero-order valence-electron chi connectivity index (χ0n) is 14.6. The molecule has 130 valence electrons. The summed E-state index contributed by atoms with van der Waals surface area (Å²) in [4.78, 5) is 17.5. The predicted molar refractivity (Wildman–Crippen MR) is 108 cm³/mol. The standard InChI is InChI=1S/C23H17N3O/c27-23-21(16-18-10-4-1-5-11-18)25-22(20-14-8-3-9-15-20)26(23)24-17-19-12-6-2-7-13-19/h1-17H. The number of rotatable bonds is 4. The molecule has 0 saturated carbocycles. The second-order valence-corrected chi connectivity index (χ2v) is 6.01. The summed E-state index contributed by atoms with van der Waals surface area (Å²) in [5.41, 5.74) is 3.04. The van der Waals surface area contributed by atoms with E-state index in [2.05, 4.69) is 10.1 Å². The van der Waals surface area contributed by atoms with Gasteiger partial charge in [0.25, 0.3) is 5.91 Å². The van der Waals surface area contributed by atoms with Crippen LogP contribution in [0.3, 0.4) is 0 Å². The van der Waals surface area contributed by atoms with Gasteiger partial charge in [-0.3, -0.25) is 4.79 Å². The lowest BCUT2D eigenvalue weighted by Crippen LogP contribution is -2.27. The zero-order chi connectivity index (χ0) is 18.5. The third kappa shape index (κ3) is 3.75. The molecule has 0 bridgehead atoms. The Bertz CT molecular complexity index is 1020. The molecular weight excluding hydrogens is 334 g/mol. The van der Waals surface area contributed by atoms with Crippen LogP contribution in [0.25, 0.3) is 6.08 Å². The summed E-state index contributed by atoms with van der Waals surface area (Å²) in [6.45, 7) is 0. The molecule has 1 amide bonds. The van der Waals surface area contributed by atoms with Crippen molar-refractivity contribution >= 4 is 24.0 Å². The molecule has 0 unspecified atom stereocenters. The van der Waals surface area contributed by atoms with Crippen LogP contribution < -0.4 is 0 Å². The second-order valence-electron chi connectivity index (χ2n) is 6.01. The van der Waals surface area contributed by atoms with Crippen molar-refractivity contribution in [1.82, 2.24) is 5.01 Å². The first kappa shape index (κ1) is 16.7. The smallest absolute Gasteiger partial charge is 0.265 e. The Morgan fingerprint density at radius 1 is 0.741 bits per heavy atom. The Hall–Kier alpha value is -3.79. The van der Waals surface area contributed by atoms with Crippen molar-refractivity contribution < 1.29 is 4.79 Å². The molecule has 0 spiro atoms. The van der Waals surface area contributed by atoms with Crippen molar-refractivity contribution in [1.29, 1.82) is 0 Å². The number of aliphatic imine (C=N–C) groups is 1. The molecule has 0 N–H and O–H groups in total. The number of carbonyl (C=O) groups is 1. The van der Waals surface area contributed by atoms with Crippen molar-refractivity contribution in [2.45, 2.75) is 0 Å². The molecule has 27 heavy (non-hydrogen) atoms. The maximum atomic E-state index is 12.9. The number of carbonyl (C=O) groups excluding carboxylic acids is 1. The fraction of sp³-hybridized carbons (Fsp3) is 0. The van der Waals surface area contributed by atoms with Crippen molar-refractivity contribution in [3.63, 3.8) is 0 Å². The maximum absolute atomic E-state index is 12.9. The van der Waals surface area contributed by atoms with Crippen molar-refractivity contribution in [3.8, 4) is 0 Å². The highest BCUT2D eigenvalue weighted by Crippen LogP contribution is 2.22. The van der Waals surface area contributed by atoms with Crippen LogP contribution in [0.5, 0.6) is 0 Å². The largest absolute Gasteiger partial charge is 0.298 e. The van der Waals surface area contributed by atoms with Gasteiger partial charge in [-0.25, -0.2) is 4.99 Å². The first-order chi connectivity index (χ1) is 13.3. The molecule has 4 rings (SSSR count). The highest BCUT2D eigenvalue weighted by molar-refractivity contribution is 6.19. The quantitative estimate of drug-likeness (QED) is 0.509. The first-order valence-corrected chi connectivity index (χ1v) is 8.65. The van der Waals surface area contributed by atoms with Gasteiger partial charge < -0.3 is 0 Å². The van der Waals surface area contributed by atoms with Crippen LogP contribution in [0.1, 0.15) is 16.7 Å². The van der Waals surface area contributed by atoms with E-state index < -0.39 is 0 Å². The fourth-order valence-corrected chi connectivity index (χ4v) is 2.76. The summed E-state index contributed by atoms with van der Waals surface area (Å²) in [5.74, 6) is 0.278. The number of hydrazone groups is 1. The van der Waals surface area contributed by atoms with Gasteiger partial charge in [0.15, 0.2) is 5.84 Å². The topological polar surface area (TPSA) is 45.0 Å². The number of amidine groups is 1. The first-order valence-electron chi connectivity index (χ1n) is 8.65. The molecule has 0 atom stereocenters. The van der Waals surface area contributed by atoms with E-state index in [1.807, 2.05) is 91.0 Å². The summed E-state index contributed by atoms with van der Waals surface area (Å²) < 4.78 is 0. The number of hydrogen-bond donors (Lipinski definition) is 0. The summed E-state index contributed by atoms with van der Waals surface area (Å²) >= 11 is 0. The Balaban J connectivity index is 1.73. The molecule has 0 radical (unpaired) electrons. The lowest BCUT2D eigenvalue weighted by Gasteiger charge is -2.11. The summed E-state index contributed by atoms with van der Waals surface area (Å²) in [6, 6.07) is 28.9. The van der Waals surface area contributed by atoms with Gasteiger partial charge in [-0.05, 0) is 17.2 Å². The number of nitrogens with zero attached hydrogens (tertiary/aromatic N) is 3. The van der Waals surface area contributed by atoms with Gasteiger partial charge in [-0.1, -0.05) is 91.0 Å². The minimum Gasteiger partial charge on any atom is -0.265 e. The number of benzene rings is 3. The van der Waals surface area contributed by atoms with Crippen LogP contribution in [-0.2, 0) is 4.79 Å². The number of hydrogen-bond acceptors (Lipinski definition) is 3. The van der Waals surface area contributed by atoms with E-state index in [9.17, 15) is 4.79 Å². The van der Waals surface area contributed by atoms with Crippen molar-refractivity contribution in [3.05, 3.63) is 113 Å². The van der Waals surface area contributed by atoms with E-state index in [0.717, 1.165) is 16.7 Å². The van der Waals surface area contributed by atoms with Gasteiger partial charge in [0.2, 0.25) is 0 Å². The van der Waals surface area contributed by atoms with E-state index in [1.54, 1.807) is 12.3 Å². The fourth-order valence-electron chi connectivity index (χ4n) is 2.76. The van der Waals surface area contributed by atoms with Crippen LogP contribution >= 0.6 is 0 Å². The molecule has 4 nitrogen and oxygen atoms in total. The van der Waals surface area contributed by atoms with Gasteiger partial charge in [-0.2, -0.15) is 10.1 Å². The molecule has 1 aliphatic heterocycles. The molecule has 3 aromatic rings. The van der Waals surface area contributed by atoms with Gasteiger partial charge in [0.1, 0.15) is 5.70 Å². The average molecular weight is 351 g/mol. The highest BCUT2D eigenvalue weighted by atomic mass is 16.2. The molecule has 4 heteroatoms. The molecular formula is C23H17N3O. The van der Waals surface area contributed by atoms with Gasteiger partial charge in [-0.15, -0.1) is 0 Å². The van der Waals surface area contributed by atoms with Crippen molar-refractivity contribution in [2.24, 2.45) is 10.1 Å². The van der Waals surface area contributed by atoms with Crippen LogP contribution in [0.4, 0.5) is 0 Å². The Labute approximate surface area is 157 Å². The minimum atomic E-state index is -0.245. The van der Waals surface area contributed by atoms with Crippen LogP contribution in [0.2, 0.25) is 0 Å². The molecule has 1 heterocycles. The normalized spacial score (nSPS) is 15.6. The van der Waals surface area contributed by atoms with Crippen LogP contribution in [-0.4, -0.2) is 23.0 Å². The Kier molecular flexibility index (Phi) is 4.70. The Morgan fingerprint density at radius 3 is 1.93 bits per heavy atom. The Morgan fingerprint density at radius 2 is 1.30 bits per heavy atom.